The minimum absolute atomic E-state index is 0.0813. The van der Waals surface area contributed by atoms with Gasteiger partial charge in [0.2, 0.25) is 5.91 Å². The molecule has 23 heavy (non-hydrogen) atoms. The van der Waals surface area contributed by atoms with Crippen LogP contribution in [0.15, 0.2) is 28.8 Å². The molecule has 0 aliphatic heterocycles. The molecule has 122 valence electrons. The Labute approximate surface area is 140 Å². The quantitative estimate of drug-likeness (QED) is 0.780. The summed E-state index contributed by atoms with van der Waals surface area (Å²) in [4.78, 5) is 26.3. The van der Waals surface area contributed by atoms with Gasteiger partial charge in [0.25, 0.3) is 0 Å². The third kappa shape index (κ3) is 3.79. The molecule has 0 fully saturated rings. The van der Waals surface area contributed by atoms with Gasteiger partial charge in [0.1, 0.15) is 11.4 Å². The summed E-state index contributed by atoms with van der Waals surface area (Å²) in [6.07, 6.45) is 0.113. The van der Waals surface area contributed by atoms with Crippen LogP contribution in [0.25, 0.3) is 0 Å². The first-order valence-corrected chi connectivity index (χ1v) is 7.68. The maximum atomic E-state index is 12.4. The van der Waals surface area contributed by atoms with Gasteiger partial charge in [0, 0.05) is 30.0 Å². The van der Waals surface area contributed by atoms with Crippen LogP contribution >= 0.6 is 11.6 Å². The van der Waals surface area contributed by atoms with E-state index in [0.29, 0.717) is 27.7 Å². The lowest BCUT2D eigenvalue weighted by Gasteiger charge is -2.19. The van der Waals surface area contributed by atoms with Gasteiger partial charge in [-0.1, -0.05) is 23.7 Å². The number of carbonyl (C=O) groups is 2. The Morgan fingerprint density at radius 1 is 1.26 bits per heavy atom. The highest BCUT2D eigenvalue weighted by Crippen LogP contribution is 2.24. The van der Waals surface area contributed by atoms with Gasteiger partial charge >= 0.3 is 0 Å². The van der Waals surface area contributed by atoms with Crippen molar-refractivity contribution in [3.05, 3.63) is 46.3 Å². The fraction of sp³-hybridized carbons (Fsp3) is 0.353. The largest absolute Gasteiger partial charge is 0.359 e. The predicted octanol–water partition coefficient (Wildman–Crippen LogP) is 3.82. The van der Waals surface area contributed by atoms with Crippen molar-refractivity contribution < 1.29 is 14.1 Å². The van der Waals surface area contributed by atoms with Gasteiger partial charge < -0.3 is 9.42 Å². The molecule has 0 saturated heterocycles. The molecule has 1 aromatic heterocycles. The van der Waals surface area contributed by atoms with Gasteiger partial charge in [0.15, 0.2) is 11.5 Å². The maximum absolute atomic E-state index is 12.4. The molecule has 0 bridgehead atoms. The summed E-state index contributed by atoms with van der Waals surface area (Å²) < 4.78 is 5.08. The average molecular weight is 335 g/mol. The Hall–Kier alpha value is -2.14. The van der Waals surface area contributed by atoms with Crippen molar-refractivity contribution in [2.24, 2.45) is 5.92 Å². The van der Waals surface area contributed by atoms with Crippen LogP contribution in [-0.4, -0.2) is 23.9 Å². The molecule has 2 aromatic rings. The lowest BCUT2D eigenvalue weighted by atomic mass is 9.96. The lowest BCUT2D eigenvalue weighted by Crippen LogP contribution is -2.30. The van der Waals surface area contributed by atoms with E-state index in [0.717, 1.165) is 0 Å². The molecule has 1 heterocycles. The normalized spacial score (nSPS) is 12.0. The average Bonchev–Trinajstić information content (AvgIpc) is 2.85. The highest BCUT2D eigenvalue weighted by molar-refractivity contribution is 6.30. The van der Waals surface area contributed by atoms with Gasteiger partial charge in [-0.3, -0.25) is 9.59 Å². The summed E-state index contributed by atoms with van der Waals surface area (Å²) in [5.41, 5.74) is 1.85. The number of rotatable bonds is 5. The van der Waals surface area contributed by atoms with E-state index in [2.05, 4.69) is 5.16 Å². The second-order valence-electron chi connectivity index (χ2n) is 5.60. The molecule has 1 aromatic carbocycles. The first-order valence-electron chi connectivity index (χ1n) is 7.30. The Balaban J connectivity index is 2.07. The summed E-state index contributed by atoms with van der Waals surface area (Å²) in [6.45, 7) is 5.27. The molecule has 0 radical (unpaired) electrons. The molecular weight excluding hydrogens is 316 g/mol. The molecule has 6 heteroatoms. The molecule has 0 aliphatic rings. The highest BCUT2D eigenvalue weighted by atomic mass is 35.5. The van der Waals surface area contributed by atoms with Crippen LogP contribution in [0.3, 0.4) is 0 Å². The fourth-order valence-corrected chi connectivity index (χ4v) is 2.60. The van der Waals surface area contributed by atoms with E-state index in [1.165, 1.54) is 4.90 Å². The van der Waals surface area contributed by atoms with Crippen molar-refractivity contribution >= 4 is 29.0 Å². The molecule has 0 N–H and O–H groups in total. The summed E-state index contributed by atoms with van der Waals surface area (Å²) in [6, 6.07) is 6.67. The third-order valence-electron chi connectivity index (χ3n) is 3.76. The van der Waals surface area contributed by atoms with Crippen LogP contribution in [0.1, 0.15) is 35.2 Å². The van der Waals surface area contributed by atoms with Crippen LogP contribution < -0.4 is 4.90 Å². The monoisotopic (exact) mass is 334 g/mol. The Morgan fingerprint density at radius 3 is 2.39 bits per heavy atom. The maximum Gasteiger partial charge on any atom is 0.227 e. The Morgan fingerprint density at radius 2 is 1.87 bits per heavy atom. The molecule has 1 unspecified atom stereocenters. The van der Waals surface area contributed by atoms with Gasteiger partial charge in [0.05, 0.1) is 0 Å². The molecule has 0 saturated carbocycles. The smallest absolute Gasteiger partial charge is 0.227 e. The zero-order valence-electron chi connectivity index (χ0n) is 13.6. The van der Waals surface area contributed by atoms with E-state index in [4.69, 9.17) is 16.1 Å². The third-order valence-corrected chi connectivity index (χ3v) is 4.01. The molecular formula is C17H19ClN2O3. The number of halogens is 1. The number of hydrogen-bond acceptors (Lipinski definition) is 4. The van der Waals surface area contributed by atoms with Crippen molar-refractivity contribution in [2.45, 2.75) is 27.2 Å². The predicted molar refractivity (Wildman–Crippen MR) is 89.0 cm³/mol. The van der Waals surface area contributed by atoms with Crippen molar-refractivity contribution in [3.8, 4) is 0 Å². The SMILES string of the molecule is Cc1noc(C)c1N(C)C(=O)CC(C)C(=O)c1ccc(Cl)cc1. The van der Waals surface area contributed by atoms with E-state index >= 15 is 0 Å². The first-order chi connectivity index (χ1) is 10.8. The van der Waals surface area contributed by atoms with Crippen molar-refractivity contribution in [3.63, 3.8) is 0 Å². The molecule has 2 rings (SSSR count). The number of Topliss-reactive ketones (excluding diaryl/α,β-unsaturated/α-hetero) is 1. The van der Waals surface area contributed by atoms with E-state index < -0.39 is 5.92 Å². The molecule has 0 aliphatic carbocycles. The van der Waals surface area contributed by atoms with E-state index in [1.807, 2.05) is 0 Å². The number of nitrogens with zero attached hydrogens (tertiary/aromatic N) is 2. The van der Waals surface area contributed by atoms with E-state index in [1.54, 1.807) is 52.1 Å². The van der Waals surface area contributed by atoms with E-state index in [-0.39, 0.29) is 18.1 Å². The minimum Gasteiger partial charge on any atom is -0.359 e. The number of hydrogen-bond donors (Lipinski definition) is 0. The van der Waals surface area contributed by atoms with Crippen molar-refractivity contribution in [2.75, 3.05) is 11.9 Å². The highest BCUT2D eigenvalue weighted by Gasteiger charge is 2.24. The fourth-order valence-electron chi connectivity index (χ4n) is 2.47. The second-order valence-corrected chi connectivity index (χ2v) is 6.04. The summed E-state index contributed by atoms with van der Waals surface area (Å²) >= 11 is 5.82. The number of amides is 1. The first kappa shape index (κ1) is 17.2. The number of anilines is 1. The minimum atomic E-state index is -0.424. The summed E-state index contributed by atoms with van der Waals surface area (Å²) in [7, 11) is 1.66. The zero-order valence-corrected chi connectivity index (χ0v) is 14.3. The number of ketones is 1. The van der Waals surface area contributed by atoms with Crippen LogP contribution in [0.2, 0.25) is 5.02 Å². The standard InChI is InChI=1S/C17H19ClN2O3/c1-10(17(22)13-5-7-14(18)8-6-13)9-15(21)20(4)16-11(2)19-23-12(16)3/h5-8,10H,9H2,1-4H3. The van der Waals surface area contributed by atoms with Crippen LogP contribution in [0.4, 0.5) is 5.69 Å². The number of carbonyl (C=O) groups excluding carboxylic acids is 2. The van der Waals surface area contributed by atoms with Crippen LogP contribution in [-0.2, 0) is 4.79 Å². The van der Waals surface area contributed by atoms with Gasteiger partial charge in [-0.2, -0.15) is 0 Å². The van der Waals surface area contributed by atoms with Crippen molar-refractivity contribution in [1.82, 2.24) is 5.16 Å². The number of benzene rings is 1. The van der Waals surface area contributed by atoms with Crippen molar-refractivity contribution in [1.29, 1.82) is 0 Å². The summed E-state index contributed by atoms with van der Waals surface area (Å²) in [5.74, 6) is -0.0852. The second kappa shape index (κ2) is 6.96. The van der Waals surface area contributed by atoms with Crippen LogP contribution in [0.5, 0.6) is 0 Å². The number of aromatic nitrogens is 1. The van der Waals surface area contributed by atoms with E-state index in [9.17, 15) is 9.59 Å². The van der Waals surface area contributed by atoms with Gasteiger partial charge in [-0.05, 0) is 38.1 Å². The molecule has 1 amide bonds. The van der Waals surface area contributed by atoms with Crippen LogP contribution in [0, 0.1) is 19.8 Å². The summed E-state index contributed by atoms with van der Waals surface area (Å²) in [5, 5.41) is 4.41. The Kier molecular flexibility index (Phi) is 5.21. The number of aryl methyl sites for hydroxylation is 2. The zero-order chi connectivity index (χ0) is 17.1. The molecule has 0 spiro atoms. The van der Waals surface area contributed by atoms with Gasteiger partial charge in [-0.15, -0.1) is 0 Å². The topological polar surface area (TPSA) is 63.4 Å². The lowest BCUT2D eigenvalue weighted by molar-refractivity contribution is -0.118. The molecule has 1 atom stereocenters. The van der Waals surface area contributed by atoms with Gasteiger partial charge in [-0.25, -0.2) is 0 Å². The Bertz CT molecular complexity index is 702. The molecule has 5 nitrogen and oxygen atoms in total.